The predicted molar refractivity (Wildman–Crippen MR) is 87.4 cm³/mol. The summed E-state index contributed by atoms with van der Waals surface area (Å²) in [5, 5.41) is 0. The van der Waals surface area contributed by atoms with Crippen LogP contribution < -0.4 is 0 Å². The second-order valence-corrected chi connectivity index (χ2v) is 6.67. The molecule has 1 aliphatic rings. The first-order valence-corrected chi connectivity index (χ1v) is 8.64. The monoisotopic (exact) mass is 343 g/mol. The molecule has 1 amide bonds. The van der Waals surface area contributed by atoms with E-state index in [1.165, 1.54) is 0 Å². The van der Waals surface area contributed by atoms with Crippen molar-refractivity contribution in [2.45, 2.75) is 59.5 Å². The van der Waals surface area contributed by atoms with E-state index in [0.717, 1.165) is 6.42 Å². The molecule has 0 saturated carbocycles. The van der Waals surface area contributed by atoms with Crippen molar-refractivity contribution < 1.29 is 28.6 Å². The molecule has 1 saturated heterocycles. The molecule has 1 heterocycles. The molecule has 1 aliphatic heterocycles. The zero-order chi connectivity index (χ0) is 18.1. The number of hydrogen-bond acceptors (Lipinski definition) is 6. The van der Waals surface area contributed by atoms with Crippen LogP contribution in [-0.2, 0) is 19.0 Å². The van der Waals surface area contributed by atoms with Crippen LogP contribution in [0.25, 0.3) is 0 Å². The summed E-state index contributed by atoms with van der Waals surface area (Å²) in [5.74, 6) is -0.292. The van der Waals surface area contributed by atoms with Crippen LogP contribution >= 0.6 is 0 Å². The van der Waals surface area contributed by atoms with E-state index in [1.807, 2.05) is 27.7 Å². The van der Waals surface area contributed by atoms with Gasteiger partial charge < -0.3 is 19.1 Å². The minimum Gasteiger partial charge on any atom is -0.446 e. The molecule has 7 nitrogen and oxygen atoms in total. The van der Waals surface area contributed by atoms with Crippen LogP contribution in [0.4, 0.5) is 9.59 Å². The Morgan fingerprint density at radius 1 is 1.12 bits per heavy atom. The van der Waals surface area contributed by atoms with E-state index in [0.29, 0.717) is 25.9 Å². The lowest BCUT2D eigenvalue weighted by Gasteiger charge is -2.31. The number of piperidine rings is 1. The number of carbonyl (C=O) groups excluding carboxylic acids is 3. The molecule has 0 bridgehead atoms. The number of hydrogen-bond donors (Lipinski definition) is 0. The summed E-state index contributed by atoms with van der Waals surface area (Å²) in [6, 6.07) is 0. The van der Waals surface area contributed by atoms with Gasteiger partial charge in [0, 0.05) is 19.5 Å². The second kappa shape index (κ2) is 10.2. The van der Waals surface area contributed by atoms with E-state index < -0.39 is 12.1 Å². The van der Waals surface area contributed by atoms with Crippen molar-refractivity contribution in [1.29, 1.82) is 0 Å². The fraction of sp³-hybridized carbons (Fsp3) is 0.824. The second-order valence-electron chi connectivity index (χ2n) is 6.67. The Labute approximate surface area is 143 Å². The van der Waals surface area contributed by atoms with E-state index >= 15 is 0 Å². The van der Waals surface area contributed by atoms with Crippen LogP contribution in [0.2, 0.25) is 0 Å². The highest BCUT2D eigenvalue weighted by atomic mass is 16.7. The molecule has 1 rings (SSSR count). The Hall–Kier alpha value is -1.79. The Morgan fingerprint density at radius 3 is 2.29 bits per heavy atom. The van der Waals surface area contributed by atoms with E-state index in [-0.39, 0.29) is 37.1 Å². The summed E-state index contributed by atoms with van der Waals surface area (Å²) in [6.45, 7) is 8.93. The van der Waals surface area contributed by atoms with Gasteiger partial charge in [-0.3, -0.25) is 4.79 Å². The molecule has 0 aliphatic carbocycles. The number of ether oxygens (including phenoxy) is 3. The predicted octanol–water partition coefficient (Wildman–Crippen LogP) is 3.36. The molecule has 0 aromatic rings. The van der Waals surface area contributed by atoms with Gasteiger partial charge in [0.25, 0.3) is 0 Å². The molecule has 0 spiro atoms. The molecule has 7 heteroatoms. The quantitative estimate of drug-likeness (QED) is 0.543. The molecule has 1 unspecified atom stereocenters. The lowest BCUT2D eigenvalue weighted by Crippen LogP contribution is -2.40. The fourth-order valence-corrected chi connectivity index (χ4v) is 2.28. The van der Waals surface area contributed by atoms with Crippen molar-refractivity contribution in [3.8, 4) is 0 Å². The summed E-state index contributed by atoms with van der Waals surface area (Å²) >= 11 is 0. The molecule has 1 fully saturated rings. The Bertz CT molecular complexity index is 429. The van der Waals surface area contributed by atoms with Crippen LogP contribution in [0.15, 0.2) is 0 Å². The van der Waals surface area contributed by atoms with Crippen LogP contribution in [0, 0.1) is 11.8 Å². The Balaban J connectivity index is 2.26. The minimum absolute atomic E-state index is 0.0953. The first kappa shape index (κ1) is 20.3. The van der Waals surface area contributed by atoms with Crippen LogP contribution in [0.5, 0.6) is 0 Å². The van der Waals surface area contributed by atoms with Gasteiger partial charge >= 0.3 is 18.2 Å². The molecule has 138 valence electrons. The highest BCUT2D eigenvalue weighted by Crippen LogP contribution is 2.22. The van der Waals surface area contributed by atoms with E-state index in [9.17, 15) is 14.4 Å². The first-order chi connectivity index (χ1) is 11.3. The van der Waals surface area contributed by atoms with Crippen molar-refractivity contribution in [2.75, 3.05) is 19.7 Å². The van der Waals surface area contributed by atoms with Crippen molar-refractivity contribution in [1.82, 2.24) is 4.90 Å². The lowest BCUT2D eigenvalue weighted by atomic mass is 9.94. The number of rotatable bonds is 6. The maximum absolute atomic E-state index is 11.9. The molecule has 0 aromatic carbocycles. The number of carbonyl (C=O) groups is 3. The third-order valence-electron chi connectivity index (χ3n) is 3.94. The molecule has 1 atom stereocenters. The largest absolute Gasteiger partial charge is 0.516 e. The summed E-state index contributed by atoms with van der Waals surface area (Å²) in [5.41, 5.74) is 0. The SMILES string of the molecule is CCC(C)OC(=O)N1CCC(CC(=O)OC(=O)OCC(C)C)CC1. The summed E-state index contributed by atoms with van der Waals surface area (Å²) in [4.78, 5) is 36.7. The van der Waals surface area contributed by atoms with Crippen LogP contribution in [0.1, 0.15) is 53.4 Å². The smallest absolute Gasteiger partial charge is 0.446 e. The van der Waals surface area contributed by atoms with Crippen molar-refractivity contribution in [2.24, 2.45) is 11.8 Å². The summed E-state index contributed by atoms with van der Waals surface area (Å²) in [6.07, 6.45) is 0.969. The van der Waals surface area contributed by atoms with Gasteiger partial charge in [-0.25, -0.2) is 9.59 Å². The standard InChI is InChI=1S/C17H29NO6/c1-5-13(4)23-16(20)18-8-6-14(7-9-18)10-15(19)24-17(21)22-11-12(2)3/h12-14H,5-11H2,1-4H3. The third-order valence-corrected chi connectivity index (χ3v) is 3.94. The molecule has 0 N–H and O–H groups in total. The Kier molecular flexibility index (Phi) is 8.57. The van der Waals surface area contributed by atoms with Gasteiger partial charge in [-0.05, 0) is 38.0 Å². The average Bonchev–Trinajstić information content (AvgIpc) is 2.53. The van der Waals surface area contributed by atoms with Gasteiger partial charge in [-0.2, -0.15) is 0 Å². The zero-order valence-electron chi connectivity index (χ0n) is 15.1. The van der Waals surface area contributed by atoms with Gasteiger partial charge in [0.1, 0.15) is 6.10 Å². The number of likely N-dealkylation sites (tertiary alicyclic amines) is 1. The molecular formula is C17H29NO6. The topological polar surface area (TPSA) is 82.1 Å². The molecule has 24 heavy (non-hydrogen) atoms. The van der Waals surface area contributed by atoms with Crippen molar-refractivity contribution in [3.05, 3.63) is 0 Å². The molecular weight excluding hydrogens is 314 g/mol. The number of amides is 1. The average molecular weight is 343 g/mol. The molecule has 0 aromatic heterocycles. The van der Waals surface area contributed by atoms with E-state index in [1.54, 1.807) is 4.90 Å². The highest BCUT2D eigenvalue weighted by molar-refractivity contribution is 5.81. The third kappa shape index (κ3) is 7.66. The molecule has 0 radical (unpaired) electrons. The minimum atomic E-state index is -0.941. The van der Waals surface area contributed by atoms with Crippen molar-refractivity contribution in [3.63, 3.8) is 0 Å². The van der Waals surface area contributed by atoms with Gasteiger partial charge in [-0.1, -0.05) is 20.8 Å². The highest BCUT2D eigenvalue weighted by Gasteiger charge is 2.27. The maximum Gasteiger partial charge on any atom is 0.516 e. The summed E-state index contributed by atoms with van der Waals surface area (Å²) < 4.78 is 14.7. The van der Waals surface area contributed by atoms with E-state index in [2.05, 4.69) is 4.74 Å². The van der Waals surface area contributed by atoms with E-state index in [4.69, 9.17) is 9.47 Å². The zero-order valence-corrected chi connectivity index (χ0v) is 15.1. The normalized spacial score (nSPS) is 16.6. The van der Waals surface area contributed by atoms with Gasteiger partial charge in [-0.15, -0.1) is 0 Å². The number of esters is 1. The lowest BCUT2D eigenvalue weighted by molar-refractivity contribution is -0.141. The fourth-order valence-electron chi connectivity index (χ4n) is 2.28. The number of nitrogens with zero attached hydrogens (tertiary/aromatic N) is 1. The van der Waals surface area contributed by atoms with Crippen molar-refractivity contribution >= 4 is 18.2 Å². The summed E-state index contributed by atoms with van der Waals surface area (Å²) in [7, 11) is 0. The Morgan fingerprint density at radius 2 is 1.75 bits per heavy atom. The van der Waals surface area contributed by atoms with Gasteiger partial charge in [0.05, 0.1) is 6.61 Å². The van der Waals surface area contributed by atoms with Gasteiger partial charge in [0.15, 0.2) is 0 Å². The first-order valence-electron chi connectivity index (χ1n) is 8.64. The van der Waals surface area contributed by atoms with Crippen LogP contribution in [-0.4, -0.2) is 48.9 Å². The maximum atomic E-state index is 11.9. The van der Waals surface area contributed by atoms with Crippen LogP contribution in [0.3, 0.4) is 0 Å². The van der Waals surface area contributed by atoms with Gasteiger partial charge in [0.2, 0.25) is 0 Å².